The maximum Gasteiger partial charge on any atom is 0.352 e. The summed E-state index contributed by atoms with van der Waals surface area (Å²) in [6, 6.07) is -0.817. The molecule has 4 N–H and O–H groups in total. The number of β-lactam (4-membered cyclic amide) rings is 1. The van der Waals surface area contributed by atoms with Gasteiger partial charge in [0.1, 0.15) is 23.7 Å². The number of fused-ring (bicyclic) bond motifs is 1. The molecule has 2 amide bonds. The second kappa shape index (κ2) is 7.56. The lowest BCUT2D eigenvalue weighted by Gasteiger charge is -2.49. The molecule has 1 aromatic heterocycles. The molecule has 12 heteroatoms. The number of thioether (sulfide) groups is 1. The van der Waals surface area contributed by atoms with Crippen LogP contribution < -0.4 is 11.1 Å². The number of hydrogen-bond acceptors (Lipinski definition) is 9. The second-order valence-electron chi connectivity index (χ2n) is 5.85. The molecule has 1 saturated heterocycles. The van der Waals surface area contributed by atoms with Crippen molar-refractivity contribution in [3.05, 3.63) is 22.3 Å². The zero-order valence-electron chi connectivity index (χ0n) is 14.1. The molecule has 1 fully saturated rings. The summed E-state index contributed by atoms with van der Waals surface area (Å²) in [5, 5.41) is 13.6. The first-order valence-electron chi connectivity index (χ1n) is 7.80. The van der Waals surface area contributed by atoms with Gasteiger partial charge in [0.15, 0.2) is 5.13 Å². The number of hydrogen-bond donors (Lipinski definition) is 3. The molecule has 2 aliphatic rings. The quantitative estimate of drug-likeness (QED) is 0.417. The van der Waals surface area contributed by atoms with Gasteiger partial charge in [0, 0.05) is 23.6 Å². The van der Waals surface area contributed by atoms with Gasteiger partial charge in [-0.2, -0.15) is 0 Å². The van der Waals surface area contributed by atoms with E-state index < -0.39 is 35.2 Å². The van der Waals surface area contributed by atoms with Crippen molar-refractivity contribution >= 4 is 52.0 Å². The Morgan fingerprint density at radius 1 is 1.48 bits per heavy atom. The van der Waals surface area contributed by atoms with Crippen LogP contribution in [0.4, 0.5) is 5.13 Å². The Morgan fingerprint density at radius 3 is 2.81 bits per heavy atom. The summed E-state index contributed by atoms with van der Waals surface area (Å²) < 4.78 is 4.87. The summed E-state index contributed by atoms with van der Waals surface area (Å²) in [5.74, 6) is -2.46. The van der Waals surface area contributed by atoms with Crippen LogP contribution in [-0.2, 0) is 30.3 Å². The number of carboxylic acids is 1. The number of amides is 2. The van der Waals surface area contributed by atoms with Crippen LogP contribution in [0.3, 0.4) is 0 Å². The SMILES string of the molecule is CC(=O)OCC1=C(C(=O)O)N2C(=O)[C@@H](NC(=O)Cc3csc(N)n3)C2SC1. The lowest BCUT2D eigenvalue weighted by Crippen LogP contribution is -2.70. The monoisotopic (exact) mass is 412 g/mol. The third kappa shape index (κ3) is 3.90. The van der Waals surface area contributed by atoms with Crippen molar-refractivity contribution in [3.63, 3.8) is 0 Å². The predicted molar refractivity (Wildman–Crippen MR) is 96.5 cm³/mol. The number of carbonyl (C=O) groups is 4. The summed E-state index contributed by atoms with van der Waals surface area (Å²) in [5.41, 5.74) is 6.18. The van der Waals surface area contributed by atoms with Crippen LogP contribution in [0.15, 0.2) is 16.7 Å². The van der Waals surface area contributed by atoms with E-state index in [2.05, 4.69) is 10.3 Å². The van der Waals surface area contributed by atoms with Gasteiger partial charge in [0.05, 0.1) is 12.1 Å². The molecule has 2 atom stereocenters. The molecule has 0 saturated carbocycles. The molecule has 1 unspecified atom stereocenters. The molecule has 0 radical (unpaired) electrons. The molecule has 2 aliphatic heterocycles. The number of aromatic nitrogens is 1. The molecule has 0 aromatic carbocycles. The first-order chi connectivity index (χ1) is 12.8. The number of anilines is 1. The first kappa shape index (κ1) is 19.2. The summed E-state index contributed by atoms with van der Waals surface area (Å²) >= 11 is 2.52. The van der Waals surface area contributed by atoms with Crippen LogP contribution in [-0.4, -0.2) is 62.5 Å². The molecule has 10 nitrogen and oxygen atoms in total. The van der Waals surface area contributed by atoms with E-state index in [0.717, 1.165) is 4.90 Å². The topological polar surface area (TPSA) is 152 Å². The zero-order chi connectivity index (χ0) is 19.7. The first-order valence-corrected chi connectivity index (χ1v) is 9.73. The Balaban J connectivity index is 1.68. The van der Waals surface area contributed by atoms with Gasteiger partial charge in [-0.1, -0.05) is 0 Å². The van der Waals surface area contributed by atoms with Gasteiger partial charge < -0.3 is 20.9 Å². The molecule has 1 aromatic rings. The van der Waals surface area contributed by atoms with E-state index >= 15 is 0 Å². The number of nitrogens with one attached hydrogen (secondary N) is 1. The number of esters is 1. The van der Waals surface area contributed by atoms with E-state index in [9.17, 15) is 24.3 Å². The third-order valence-corrected chi connectivity index (χ3v) is 5.99. The average molecular weight is 412 g/mol. The van der Waals surface area contributed by atoms with Crippen molar-refractivity contribution in [2.45, 2.75) is 24.8 Å². The predicted octanol–water partition coefficient (Wildman–Crippen LogP) is -0.430. The van der Waals surface area contributed by atoms with Gasteiger partial charge in [-0.25, -0.2) is 9.78 Å². The van der Waals surface area contributed by atoms with Gasteiger partial charge in [-0.3, -0.25) is 19.3 Å². The number of aliphatic carboxylic acids is 1. The highest BCUT2D eigenvalue weighted by Crippen LogP contribution is 2.40. The van der Waals surface area contributed by atoms with Gasteiger partial charge in [0.25, 0.3) is 5.91 Å². The Hall–Kier alpha value is -2.60. The number of carboxylic acid groups (broad SMARTS) is 1. The van der Waals surface area contributed by atoms with E-state index in [-0.39, 0.29) is 24.5 Å². The summed E-state index contributed by atoms with van der Waals surface area (Å²) in [6.45, 7) is 1.03. The van der Waals surface area contributed by atoms with Crippen molar-refractivity contribution in [1.29, 1.82) is 0 Å². The highest BCUT2D eigenvalue weighted by atomic mass is 32.2. The fourth-order valence-corrected chi connectivity index (χ4v) is 4.67. The van der Waals surface area contributed by atoms with Crippen molar-refractivity contribution in [1.82, 2.24) is 15.2 Å². The van der Waals surface area contributed by atoms with E-state index in [1.165, 1.54) is 30.0 Å². The van der Waals surface area contributed by atoms with Crippen molar-refractivity contribution in [3.8, 4) is 0 Å². The maximum absolute atomic E-state index is 12.4. The van der Waals surface area contributed by atoms with E-state index in [1.807, 2.05) is 0 Å². The van der Waals surface area contributed by atoms with Crippen LogP contribution in [0.1, 0.15) is 12.6 Å². The van der Waals surface area contributed by atoms with Gasteiger partial charge in [-0.15, -0.1) is 23.1 Å². The van der Waals surface area contributed by atoms with Crippen LogP contribution in [0, 0.1) is 0 Å². The summed E-state index contributed by atoms with van der Waals surface area (Å²) in [6.07, 6.45) is -0.0196. The number of nitrogens with two attached hydrogens (primary N) is 1. The smallest absolute Gasteiger partial charge is 0.352 e. The minimum absolute atomic E-state index is 0.0196. The van der Waals surface area contributed by atoms with Crippen molar-refractivity contribution in [2.75, 3.05) is 18.1 Å². The maximum atomic E-state index is 12.4. The highest BCUT2D eigenvalue weighted by molar-refractivity contribution is 8.00. The Labute approximate surface area is 161 Å². The highest BCUT2D eigenvalue weighted by Gasteiger charge is 2.54. The Bertz CT molecular complexity index is 851. The molecule has 3 heterocycles. The Morgan fingerprint density at radius 2 is 2.22 bits per heavy atom. The number of rotatable bonds is 6. The minimum atomic E-state index is -1.28. The van der Waals surface area contributed by atoms with Crippen LogP contribution in [0.5, 0.6) is 0 Å². The molecule has 0 bridgehead atoms. The standard InChI is InChI=1S/C15H16N4O6S2/c1-6(20)25-3-7-4-26-13-10(12(22)19(13)11(7)14(23)24)18-9(21)2-8-5-27-15(16)17-8/h5,10,13H,2-4H2,1H3,(H2,16,17)(H,18,21)(H,23,24)/t10-,13?/m1/s1. The third-order valence-electron chi connectivity index (χ3n) is 3.93. The largest absolute Gasteiger partial charge is 0.477 e. The number of ether oxygens (including phenoxy) is 1. The number of thiazole rings is 1. The van der Waals surface area contributed by atoms with Gasteiger partial charge in [0.2, 0.25) is 5.91 Å². The molecular weight excluding hydrogens is 396 g/mol. The molecule has 0 aliphatic carbocycles. The number of nitrogen functional groups attached to an aromatic ring is 1. The summed E-state index contributed by atoms with van der Waals surface area (Å²) in [7, 11) is 0. The van der Waals surface area contributed by atoms with Gasteiger partial charge >= 0.3 is 11.9 Å². The second-order valence-corrected chi connectivity index (χ2v) is 7.84. The van der Waals surface area contributed by atoms with Gasteiger partial charge in [-0.05, 0) is 0 Å². The van der Waals surface area contributed by atoms with Crippen LogP contribution >= 0.6 is 23.1 Å². The minimum Gasteiger partial charge on any atom is -0.477 e. The molecular formula is C15H16N4O6S2. The fourth-order valence-electron chi connectivity index (χ4n) is 2.78. The lowest BCUT2D eigenvalue weighted by atomic mass is 10.0. The molecule has 0 spiro atoms. The van der Waals surface area contributed by atoms with Crippen LogP contribution in [0.2, 0.25) is 0 Å². The molecule has 27 heavy (non-hydrogen) atoms. The number of nitrogens with zero attached hydrogens (tertiary/aromatic N) is 2. The average Bonchev–Trinajstić information content (AvgIpc) is 3.01. The molecule has 144 valence electrons. The van der Waals surface area contributed by atoms with E-state index in [4.69, 9.17) is 10.5 Å². The van der Waals surface area contributed by atoms with Crippen molar-refractivity contribution < 1.29 is 29.0 Å². The fraction of sp³-hybridized carbons (Fsp3) is 0.400. The van der Waals surface area contributed by atoms with Crippen LogP contribution in [0.25, 0.3) is 0 Å². The normalized spacial score (nSPS) is 21.4. The zero-order valence-corrected chi connectivity index (χ0v) is 15.8. The van der Waals surface area contributed by atoms with Crippen molar-refractivity contribution in [2.24, 2.45) is 0 Å². The van der Waals surface area contributed by atoms with E-state index in [1.54, 1.807) is 5.38 Å². The molecule has 3 rings (SSSR count). The Kier molecular flexibility index (Phi) is 5.37. The van der Waals surface area contributed by atoms with E-state index in [0.29, 0.717) is 16.4 Å². The summed E-state index contributed by atoms with van der Waals surface area (Å²) in [4.78, 5) is 52.3. The lowest BCUT2D eigenvalue weighted by molar-refractivity contribution is -0.151. The number of carbonyl (C=O) groups excluding carboxylic acids is 3.